The van der Waals surface area contributed by atoms with Crippen LogP contribution >= 0.6 is 0 Å². The van der Waals surface area contributed by atoms with E-state index in [-0.39, 0.29) is 0 Å². The third kappa shape index (κ3) is 2.68. The summed E-state index contributed by atoms with van der Waals surface area (Å²) in [4.78, 5) is 10.8. The van der Waals surface area contributed by atoms with Gasteiger partial charge in [0.1, 0.15) is 5.69 Å². The second-order valence-electron chi connectivity index (χ2n) is 4.00. The number of aromatic nitrogens is 2. The minimum absolute atomic E-state index is 0.616. The lowest BCUT2D eigenvalue weighted by Crippen LogP contribution is -2.31. The summed E-state index contributed by atoms with van der Waals surface area (Å²) < 4.78 is 5.19. The molecule has 0 bridgehead atoms. The Kier molecular flexibility index (Phi) is 3.69. The molecular formula is C11H18N4O. The standard InChI is InChI=1S/C11H18N4O/c1-16-11-10(13-5-6-14-11)8-15(7-4-12)9-2-3-9/h5-6,9H,2-4,7-8,12H2,1H3. The largest absolute Gasteiger partial charge is 0.480 e. The number of hydrogen-bond donors (Lipinski definition) is 1. The molecule has 0 aliphatic heterocycles. The summed E-state index contributed by atoms with van der Waals surface area (Å²) in [5.74, 6) is 0.616. The van der Waals surface area contributed by atoms with E-state index in [2.05, 4.69) is 14.9 Å². The number of methoxy groups -OCH3 is 1. The second-order valence-corrected chi connectivity index (χ2v) is 4.00. The highest BCUT2D eigenvalue weighted by Crippen LogP contribution is 2.28. The SMILES string of the molecule is COc1nccnc1CN(CCN)C1CC1. The van der Waals surface area contributed by atoms with E-state index in [1.54, 1.807) is 19.5 Å². The van der Waals surface area contributed by atoms with Gasteiger partial charge in [-0.3, -0.25) is 9.88 Å². The first-order chi connectivity index (χ1) is 7.85. The van der Waals surface area contributed by atoms with Crippen molar-refractivity contribution in [2.24, 2.45) is 5.73 Å². The predicted molar refractivity (Wildman–Crippen MR) is 61.1 cm³/mol. The van der Waals surface area contributed by atoms with Gasteiger partial charge >= 0.3 is 0 Å². The molecule has 88 valence electrons. The van der Waals surface area contributed by atoms with Gasteiger partial charge in [-0.15, -0.1) is 0 Å². The van der Waals surface area contributed by atoms with Crippen molar-refractivity contribution in [3.8, 4) is 5.88 Å². The van der Waals surface area contributed by atoms with Crippen LogP contribution in [0.15, 0.2) is 12.4 Å². The normalized spacial score (nSPS) is 15.4. The molecule has 1 saturated carbocycles. The van der Waals surface area contributed by atoms with E-state index in [4.69, 9.17) is 10.5 Å². The molecule has 1 aromatic heterocycles. The lowest BCUT2D eigenvalue weighted by atomic mass is 10.3. The Morgan fingerprint density at radius 1 is 1.44 bits per heavy atom. The summed E-state index contributed by atoms with van der Waals surface area (Å²) in [5, 5.41) is 0. The van der Waals surface area contributed by atoms with Gasteiger partial charge in [-0.2, -0.15) is 0 Å². The zero-order valence-electron chi connectivity index (χ0n) is 9.59. The molecule has 1 aliphatic carbocycles. The zero-order valence-corrected chi connectivity index (χ0v) is 9.59. The first-order valence-corrected chi connectivity index (χ1v) is 5.63. The molecule has 16 heavy (non-hydrogen) atoms. The van der Waals surface area contributed by atoms with Crippen molar-refractivity contribution in [3.05, 3.63) is 18.1 Å². The highest BCUT2D eigenvalue weighted by atomic mass is 16.5. The molecule has 0 amide bonds. The van der Waals surface area contributed by atoms with Crippen LogP contribution in [0.4, 0.5) is 0 Å². The first kappa shape index (κ1) is 11.3. The molecule has 0 saturated heterocycles. The molecule has 0 aromatic carbocycles. The maximum Gasteiger partial charge on any atom is 0.236 e. The minimum atomic E-state index is 0.616. The smallest absolute Gasteiger partial charge is 0.236 e. The highest BCUT2D eigenvalue weighted by molar-refractivity contribution is 5.17. The van der Waals surface area contributed by atoms with Crippen molar-refractivity contribution >= 4 is 0 Å². The summed E-state index contributed by atoms with van der Waals surface area (Å²) in [6, 6.07) is 0.676. The summed E-state index contributed by atoms with van der Waals surface area (Å²) in [6.45, 7) is 2.36. The number of nitrogens with two attached hydrogens (primary N) is 1. The predicted octanol–water partition coefficient (Wildman–Crippen LogP) is 0.408. The fourth-order valence-electron chi connectivity index (χ4n) is 1.82. The van der Waals surface area contributed by atoms with Gasteiger partial charge in [-0.25, -0.2) is 4.98 Å². The third-order valence-corrected chi connectivity index (χ3v) is 2.76. The van der Waals surface area contributed by atoms with Crippen LogP contribution in [0.2, 0.25) is 0 Å². The number of nitrogens with zero attached hydrogens (tertiary/aromatic N) is 3. The monoisotopic (exact) mass is 222 g/mol. The summed E-state index contributed by atoms with van der Waals surface area (Å²) >= 11 is 0. The maximum atomic E-state index is 5.61. The molecule has 0 unspecified atom stereocenters. The quantitative estimate of drug-likeness (QED) is 0.755. The molecule has 1 fully saturated rings. The molecule has 2 N–H and O–H groups in total. The van der Waals surface area contributed by atoms with E-state index in [1.807, 2.05) is 0 Å². The van der Waals surface area contributed by atoms with Crippen LogP contribution in [0.5, 0.6) is 5.88 Å². The average molecular weight is 222 g/mol. The van der Waals surface area contributed by atoms with Crippen LogP contribution in [0.1, 0.15) is 18.5 Å². The van der Waals surface area contributed by atoms with Crippen LogP contribution in [0, 0.1) is 0 Å². The average Bonchev–Trinajstić information content (AvgIpc) is 3.13. The van der Waals surface area contributed by atoms with E-state index >= 15 is 0 Å². The summed E-state index contributed by atoms with van der Waals surface area (Å²) in [5.41, 5.74) is 6.50. The Balaban J connectivity index is 2.05. The number of hydrogen-bond acceptors (Lipinski definition) is 5. The number of ether oxygens (including phenoxy) is 1. The van der Waals surface area contributed by atoms with Crippen LogP contribution in [0.25, 0.3) is 0 Å². The van der Waals surface area contributed by atoms with Crippen molar-refractivity contribution in [2.75, 3.05) is 20.2 Å². The van der Waals surface area contributed by atoms with E-state index in [0.29, 0.717) is 18.5 Å². The Labute approximate surface area is 95.6 Å². The van der Waals surface area contributed by atoms with Gasteiger partial charge in [-0.05, 0) is 12.8 Å². The van der Waals surface area contributed by atoms with Gasteiger partial charge in [0.25, 0.3) is 0 Å². The molecule has 0 radical (unpaired) electrons. The molecule has 5 heteroatoms. The van der Waals surface area contributed by atoms with E-state index < -0.39 is 0 Å². The van der Waals surface area contributed by atoms with Crippen molar-refractivity contribution in [2.45, 2.75) is 25.4 Å². The van der Waals surface area contributed by atoms with Crippen molar-refractivity contribution in [1.29, 1.82) is 0 Å². The van der Waals surface area contributed by atoms with Crippen LogP contribution < -0.4 is 10.5 Å². The fourth-order valence-corrected chi connectivity index (χ4v) is 1.82. The summed E-state index contributed by atoms with van der Waals surface area (Å²) in [7, 11) is 1.62. The lowest BCUT2D eigenvalue weighted by Gasteiger charge is -2.20. The molecule has 1 aromatic rings. The lowest BCUT2D eigenvalue weighted by molar-refractivity contribution is 0.252. The van der Waals surface area contributed by atoms with Crippen LogP contribution in [-0.4, -0.2) is 41.1 Å². The zero-order chi connectivity index (χ0) is 11.4. The molecule has 0 atom stereocenters. The van der Waals surface area contributed by atoms with Gasteiger partial charge in [0.05, 0.1) is 7.11 Å². The van der Waals surface area contributed by atoms with Gasteiger partial charge < -0.3 is 10.5 Å². The van der Waals surface area contributed by atoms with Crippen molar-refractivity contribution in [3.63, 3.8) is 0 Å². The van der Waals surface area contributed by atoms with Gasteiger partial charge in [0.15, 0.2) is 0 Å². The van der Waals surface area contributed by atoms with Gasteiger partial charge in [0.2, 0.25) is 5.88 Å². The van der Waals surface area contributed by atoms with Crippen molar-refractivity contribution < 1.29 is 4.74 Å². The van der Waals surface area contributed by atoms with Gasteiger partial charge in [-0.1, -0.05) is 0 Å². The van der Waals surface area contributed by atoms with E-state index in [9.17, 15) is 0 Å². The molecule has 1 aliphatic rings. The molecule has 0 spiro atoms. The third-order valence-electron chi connectivity index (χ3n) is 2.76. The molecule has 1 heterocycles. The molecule has 5 nitrogen and oxygen atoms in total. The van der Waals surface area contributed by atoms with Crippen LogP contribution in [-0.2, 0) is 6.54 Å². The Bertz CT molecular complexity index is 341. The second kappa shape index (κ2) is 5.23. The highest BCUT2D eigenvalue weighted by Gasteiger charge is 2.29. The Hall–Kier alpha value is -1.20. The minimum Gasteiger partial charge on any atom is -0.480 e. The Morgan fingerprint density at radius 3 is 2.81 bits per heavy atom. The fraction of sp³-hybridized carbons (Fsp3) is 0.636. The first-order valence-electron chi connectivity index (χ1n) is 5.63. The van der Waals surface area contributed by atoms with Crippen LogP contribution in [0.3, 0.4) is 0 Å². The maximum absolute atomic E-state index is 5.61. The Morgan fingerprint density at radius 2 is 2.19 bits per heavy atom. The van der Waals surface area contributed by atoms with E-state index in [1.165, 1.54) is 12.8 Å². The van der Waals surface area contributed by atoms with E-state index in [0.717, 1.165) is 18.8 Å². The topological polar surface area (TPSA) is 64.3 Å². The molecular weight excluding hydrogens is 204 g/mol. The summed E-state index contributed by atoms with van der Waals surface area (Å²) in [6.07, 6.45) is 5.88. The van der Waals surface area contributed by atoms with Gasteiger partial charge in [0, 0.05) is 38.1 Å². The number of rotatable bonds is 6. The molecule has 2 rings (SSSR count). The van der Waals surface area contributed by atoms with Crippen molar-refractivity contribution in [1.82, 2.24) is 14.9 Å².